The van der Waals surface area contributed by atoms with Crippen molar-refractivity contribution in [1.29, 1.82) is 0 Å². The molecule has 0 atom stereocenters. The third-order valence-corrected chi connectivity index (χ3v) is 3.30. The monoisotopic (exact) mass is 317 g/mol. The van der Waals surface area contributed by atoms with E-state index >= 15 is 0 Å². The highest BCUT2D eigenvalue weighted by Gasteiger charge is 2.11. The number of ether oxygens (including phenoxy) is 2. The fourth-order valence-corrected chi connectivity index (χ4v) is 2.26. The van der Waals surface area contributed by atoms with E-state index in [0.717, 1.165) is 11.3 Å². The van der Waals surface area contributed by atoms with Crippen LogP contribution in [-0.2, 0) is 0 Å². The van der Waals surface area contributed by atoms with Crippen LogP contribution in [0, 0.1) is 6.92 Å². The molecule has 0 aliphatic heterocycles. The topological polar surface area (TPSA) is 30.8 Å². The van der Waals surface area contributed by atoms with Crippen molar-refractivity contribution >= 4 is 23.5 Å². The molecule has 116 valence electrons. The molecule has 0 bridgehead atoms. The van der Waals surface area contributed by atoms with Crippen LogP contribution in [0.2, 0.25) is 5.02 Å². The second-order valence-electron chi connectivity index (χ2n) is 4.79. The Kier molecular flexibility index (Phi) is 5.84. The van der Waals surface area contributed by atoms with Crippen LogP contribution in [0.25, 0.3) is 0 Å². The number of rotatable bonds is 6. The Hall–Kier alpha value is -2.00. The molecule has 0 aromatic heterocycles. The smallest absolute Gasteiger partial charge is 0.179 e. The van der Waals surface area contributed by atoms with E-state index in [2.05, 4.69) is 4.99 Å². The van der Waals surface area contributed by atoms with Gasteiger partial charge in [-0.15, -0.1) is 0 Å². The molecule has 0 saturated carbocycles. The number of aliphatic imine (C=N–C) groups is 1. The summed E-state index contributed by atoms with van der Waals surface area (Å²) in [7, 11) is 0. The van der Waals surface area contributed by atoms with E-state index in [-0.39, 0.29) is 0 Å². The summed E-state index contributed by atoms with van der Waals surface area (Å²) in [6.45, 7) is 6.98. The first-order valence-corrected chi connectivity index (χ1v) is 7.71. The average Bonchev–Trinajstić information content (AvgIpc) is 2.50. The van der Waals surface area contributed by atoms with Gasteiger partial charge in [-0.3, -0.25) is 4.99 Å². The van der Waals surface area contributed by atoms with Gasteiger partial charge in [-0.2, -0.15) is 0 Å². The lowest BCUT2D eigenvalue weighted by Crippen LogP contribution is -2.00. The number of halogens is 1. The zero-order chi connectivity index (χ0) is 15.9. The first-order chi connectivity index (χ1) is 10.6. The van der Waals surface area contributed by atoms with E-state index in [4.69, 9.17) is 21.1 Å². The zero-order valence-corrected chi connectivity index (χ0v) is 13.9. The molecule has 0 saturated heterocycles. The third-order valence-electron chi connectivity index (χ3n) is 3.02. The van der Waals surface area contributed by atoms with Gasteiger partial charge in [-0.05, 0) is 50.6 Å². The summed E-state index contributed by atoms with van der Waals surface area (Å²) in [6, 6.07) is 11.7. The van der Waals surface area contributed by atoms with Crippen LogP contribution >= 0.6 is 11.6 Å². The van der Waals surface area contributed by atoms with Gasteiger partial charge in [0.2, 0.25) is 0 Å². The highest BCUT2D eigenvalue weighted by atomic mass is 35.5. The van der Waals surface area contributed by atoms with E-state index in [0.29, 0.717) is 29.7 Å². The minimum atomic E-state index is 0.526. The minimum absolute atomic E-state index is 0.526. The lowest BCUT2D eigenvalue weighted by atomic mass is 10.2. The number of hydrogen-bond acceptors (Lipinski definition) is 3. The molecule has 22 heavy (non-hydrogen) atoms. The maximum absolute atomic E-state index is 6.28. The fourth-order valence-electron chi connectivity index (χ4n) is 1.99. The van der Waals surface area contributed by atoms with Crippen molar-refractivity contribution in [2.24, 2.45) is 4.99 Å². The van der Waals surface area contributed by atoms with Crippen LogP contribution < -0.4 is 9.47 Å². The van der Waals surface area contributed by atoms with Crippen LogP contribution in [-0.4, -0.2) is 19.4 Å². The molecule has 2 rings (SSSR count). The first kappa shape index (κ1) is 16.4. The van der Waals surface area contributed by atoms with E-state index in [1.54, 1.807) is 6.21 Å². The molecular formula is C18H20ClNO2. The van der Waals surface area contributed by atoms with E-state index in [1.165, 1.54) is 5.56 Å². The van der Waals surface area contributed by atoms with Crippen molar-refractivity contribution < 1.29 is 9.47 Å². The fraction of sp³-hybridized carbons (Fsp3) is 0.278. The van der Waals surface area contributed by atoms with E-state index < -0.39 is 0 Å². The Labute approximate surface area is 136 Å². The predicted octanol–water partition coefficient (Wildman–Crippen LogP) is 5.20. The highest BCUT2D eigenvalue weighted by Crippen LogP contribution is 2.36. The molecule has 0 N–H and O–H groups in total. The number of nitrogens with zero attached hydrogens (tertiary/aromatic N) is 1. The summed E-state index contributed by atoms with van der Waals surface area (Å²) in [5, 5.41) is 0.526. The quantitative estimate of drug-likeness (QED) is 0.686. The van der Waals surface area contributed by atoms with Gasteiger partial charge in [-0.1, -0.05) is 29.3 Å². The summed E-state index contributed by atoms with van der Waals surface area (Å²) in [4.78, 5) is 4.46. The van der Waals surface area contributed by atoms with Crippen LogP contribution in [0.5, 0.6) is 11.5 Å². The maximum atomic E-state index is 6.28. The Morgan fingerprint density at radius 3 is 2.36 bits per heavy atom. The maximum Gasteiger partial charge on any atom is 0.179 e. The molecule has 0 aliphatic carbocycles. The Morgan fingerprint density at radius 1 is 1.05 bits per heavy atom. The van der Waals surface area contributed by atoms with Gasteiger partial charge in [0.05, 0.1) is 23.9 Å². The van der Waals surface area contributed by atoms with Gasteiger partial charge in [-0.25, -0.2) is 0 Å². The zero-order valence-electron chi connectivity index (χ0n) is 13.1. The summed E-state index contributed by atoms with van der Waals surface area (Å²) in [5.41, 5.74) is 2.98. The van der Waals surface area contributed by atoms with E-state index in [9.17, 15) is 0 Å². The molecule has 2 aromatic rings. The number of benzene rings is 2. The Morgan fingerprint density at radius 2 is 1.73 bits per heavy atom. The predicted molar refractivity (Wildman–Crippen MR) is 92.2 cm³/mol. The van der Waals surface area contributed by atoms with Crippen LogP contribution in [0.3, 0.4) is 0 Å². The van der Waals surface area contributed by atoms with Gasteiger partial charge in [0, 0.05) is 6.21 Å². The lowest BCUT2D eigenvalue weighted by molar-refractivity contribution is 0.288. The molecule has 0 aliphatic rings. The molecule has 0 spiro atoms. The third kappa shape index (κ3) is 4.25. The van der Waals surface area contributed by atoms with Crippen molar-refractivity contribution in [1.82, 2.24) is 0 Å². The van der Waals surface area contributed by atoms with Crippen molar-refractivity contribution in [2.75, 3.05) is 13.2 Å². The molecule has 0 radical (unpaired) electrons. The molecule has 0 fully saturated rings. The minimum Gasteiger partial charge on any atom is -0.490 e. The van der Waals surface area contributed by atoms with Gasteiger partial charge in [0.25, 0.3) is 0 Å². The second-order valence-corrected chi connectivity index (χ2v) is 5.20. The van der Waals surface area contributed by atoms with Crippen LogP contribution in [0.15, 0.2) is 41.4 Å². The number of hydrogen-bond donors (Lipinski definition) is 0. The van der Waals surface area contributed by atoms with Crippen molar-refractivity contribution in [2.45, 2.75) is 20.8 Å². The molecule has 2 aromatic carbocycles. The first-order valence-electron chi connectivity index (χ1n) is 7.34. The van der Waals surface area contributed by atoms with Crippen LogP contribution in [0.4, 0.5) is 5.69 Å². The summed E-state index contributed by atoms with van der Waals surface area (Å²) >= 11 is 6.28. The van der Waals surface area contributed by atoms with Crippen molar-refractivity contribution in [3.8, 4) is 11.5 Å². The summed E-state index contributed by atoms with van der Waals surface area (Å²) in [6.07, 6.45) is 1.77. The van der Waals surface area contributed by atoms with Gasteiger partial charge >= 0.3 is 0 Å². The number of aryl methyl sites for hydroxylation is 1. The Balaban J connectivity index is 2.29. The molecular weight excluding hydrogens is 298 g/mol. The van der Waals surface area contributed by atoms with Gasteiger partial charge in [0.1, 0.15) is 0 Å². The molecule has 0 unspecified atom stereocenters. The summed E-state index contributed by atoms with van der Waals surface area (Å²) in [5.74, 6) is 1.22. The molecule has 3 nitrogen and oxygen atoms in total. The van der Waals surface area contributed by atoms with Crippen molar-refractivity contribution in [3.05, 3.63) is 52.5 Å². The molecule has 0 heterocycles. The van der Waals surface area contributed by atoms with E-state index in [1.807, 2.05) is 57.2 Å². The van der Waals surface area contributed by atoms with Gasteiger partial charge < -0.3 is 9.47 Å². The molecule has 0 amide bonds. The lowest BCUT2D eigenvalue weighted by Gasteiger charge is -2.13. The van der Waals surface area contributed by atoms with Crippen molar-refractivity contribution in [3.63, 3.8) is 0 Å². The van der Waals surface area contributed by atoms with Gasteiger partial charge in [0.15, 0.2) is 11.5 Å². The highest BCUT2D eigenvalue weighted by molar-refractivity contribution is 6.32. The average molecular weight is 318 g/mol. The standard InChI is InChI=1S/C18H20ClNO2/c1-4-21-17-11-14(10-16(19)18(17)22-5-2)12-20-15-8-6-13(3)7-9-15/h6-12H,4-5H2,1-3H3. The molecule has 4 heteroatoms. The SMILES string of the molecule is CCOc1cc(C=Nc2ccc(C)cc2)cc(Cl)c1OCC. The second kappa shape index (κ2) is 7.85. The van der Waals surface area contributed by atoms with Crippen LogP contribution in [0.1, 0.15) is 25.0 Å². The summed E-state index contributed by atoms with van der Waals surface area (Å²) < 4.78 is 11.2. The Bertz CT molecular complexity index is 651. The normalized spacial score (nSPS) is 10.9. The largest absolute Gasteiger partial charge is 0.490 e.